The average molecular weight is 769 g/mol. The van der Waals surface area contributed by atoms with E-state index in [1.165, 1.54) is 16.7 Å². The van der Waals surface area contributed by atoms with Crippen molar-refractivity contribution in [1.82, 2.24) is 29.5 Å². The van der Waals surface area contributed by atoms with Crippen molar-refractivity contribution in [3.63, 3.8) is 0 Å². The molecule has 294 valence electrons. The van der Waals surface area contributed by atoms with Gasteiger partial charge in [-0.3, -0.25) is 29.2 Å². The Morgan fingerprint density at radius 2 is 1.84 bits per heavy atom. The molecule has 4 aromatic rings. The zero-order valence-electron chi connectivity index (χ0n) is 31.5. The Morgan fingerprint density at radius 1 is 1.07 bits per heavy atom. The molecule has 15 heteroatoms. The van der Waals surface area contributed by atoms with Gasteiger partial charge in [0.2, 0.25) is 11.8 Å². The molecule has 1 spiro atoms. The van der Waals surface area contributed by atoms with Crippen LogP contribution in [0.1, 0.15) is 92.7 Å². The Labute approximate surface area is 322 Å². The predicted octanol–water partition coefficient (Wildman–Crippen LogP) is 5.13. The summed E-state index contributed by atoms with van der Waals surface area (Å²) in [6, 6.07) is 7.85. The van der Waals surface area contributed by atoms with Crippen molar-refractivity contribution in [2.45, 2.75) is 89.1 Å². The van der Waals surface area contributed by atoms with Crippen LogP contribution in [0.4, 0.5) is 20.3 Å². The highest BCUT2D eigenvalue weighted by molar-refractivity contribution is 6.08. The summed E-state index contributed by atoms with van der Waals surface area (Å²) in [5, 5.41) is 10.8. The first-order valence-electron chi connectivity index (χ1n) is 19.7. The number of aromatic nitrogens is 4. The van der Waals surface area contributed by atoms with Crippen LogP contribution < -0.4 is 25.8 Å². The lowest BCUT2D eigenvalue weighted by molar-refractivity contribution is -0.134. The summed E-state index contributed by atoms with van der Waals surface area (Å²) in [7, 11) is 0. The maximum Gasteiger partial charge on any atom is 0.274 e. The first kappa shape index (κ1) is 36.5. The molecule has 3 atom stereocenters. The molecule has 3 amide bonds. The van der Waals surface area contributed by atoms with Gasteiger partial charge in [0.1, 0.15) is 17.6 Å². The normalized spacial score (nSPS) is 25.9. The van der Waals surface area contributed by atoms with Crippen molar-refractivity contribution in [2.24, 2.45) is 11.3 Å². The lowest BCUT2D eigenvalue weighted by Gasteiger charge is -2.61. The van der Waals surface area contributed by atoms with Gasteiger partial charge < -0.3 is 24.4 Å². The molecule has 5 fully saturated rings. The van der Waals surface area contributed by atoms with E-state index >= 15 is 4.39 Å². The number of pyridine rings is 2. The summed E-state index contributed by atoms with van der Waals surface area (Å²) in [6.45, 7) is 8.29. The van der Waals surface area contributed by atoms with Crippen LogP contribution in [0.2, 0.25) is 0 Å². The number of anilines is 2. The van der Waals surface area contributed by atoms with Crippen LogP contribution in [0.25, 0.3) is 10.9 Å². The van der Waals surface area contributed by atoms with Crippen molar-refractivity contribution >= 4 is 40.1 Å². The number of ether oxygens (including phenoxy) is 1. The number of amides is 3. The van der Waals surface area contributed by atoms with Crippen LogP contribution in [-0.4, -0.2) is 87.0 Å². The molecule has 13 nitrogen and oxygen atoms in total. The van der Waals surface area contributed by atoms with Crippen LogP contribution in [-0.2, 0) is 9.59 Å². The van der Waals surface area contributed by atoms with E-state index in [0.717, 1.165) is 69.3 Å². The van der Waals surface area contributed by atoms with Crippen molar-refractivity contribution in [1.29, 1.82) is 0 Å². The Balaban J connectivity index is 0.783. The number of imide groups is 1. The van der Waals surface area contributed by atoms with Gasteiger partial charge in [0.05, 0.1) is 35.2 Å². The lowest BCUT2D eigenvalue weighted by Crippen LogP contribution is -2.72. The number of alkyl halides is 1. The largest absolute Gasteiger partial charge is 0.490 e. The highest BCUT2D eigenvalue weighted by Crippen LogP contribution is 2.44. The van der Waals surface area contributed by atoms with E-state index in [2.05, 4.69) is 20.5 Å². The highest BCUT2D eigenvalue weighted by atomic mass is 19.1. The fourth-order valence-electron chi connectivity index (χ4n) is 9.27. The topological polar surface area (TPSA) is 144 Å². The van der Waals surface area contributed by atoms with Gasteiger partial charge in [0, 0.05) is 81.0 Å². The molecule has 5 aliphatic rings. The minimum absolute atomic E-state index is 0.0889. The molecule has 0 bridgehead atoms. The van der Waals surface area contributed by atoms with E-state index in [1.807, 2.05) is 29.6 Å². The van der Waals surface area contributed by atoms with Gasteiger partial charge in [-0.15, -0.1) is 0 Å². The minimum atomic E-state index is -1.05. The molecule has 6 heterocycles. The highest BCUT2D eigenvalue weighted by Gasteiger charge is 2.52. The Hall–Kier alpha value is -5.18. The van der Waals surface area contributed by atoms with Crippen LogP contribution in [0.3, 0.4) is 0 Å². The summed E-state index contributed by atoms with van der Waals surface area (Å²) in [6.07, 6.45) is 8.91. The first-order valence-corrected chi connectivity index (χ1v) is 19.7. The fourth-order valence-corrected chi connectivity index (χ4v) is 9.27. The molecular weight excluding hydrogens is 722 g/mol. The van der Waals surface area contributed by atoms with Crippen molar-refractivity contribution in [3.05, 3.63) is 76.2 Å². The van der Waals surface area contributed by atoms with Crippen LogP contribution >= 0.6 is 0 Å². The van der Waals surface area contributed by atoms with Crippen molar-refractivity contribution in [2.75, 3.05) is 42.9 Å². The molecule has 2 saturated carbocycles. The third kappa shape index (κ3) is 6.94. The van der Waals surface area contributed by atoms with Gasteiger partial charge in [0.25, 0.3) is 11.5 Å². The maximum absolute atomic E-state index is 15.1. The molecule has 2 N–H and O–H groups in total. The lowest BCUT2D eigenvalue weighted by atomic mass is 9.72. The second kappa shape index (κ2) is 14.1. The standard InChI is InChI=1S/C41H46F2N8O5/c1-23(2)56-35-15-33-26(12-29(35)39(54)45-32-4-3-11-50(40(32)55)34-14-30(34)42)18-51(47-33)27-7-5-24(6-8-27)17-48-19-41(20-48)21-49(22-41)37-31(43)13-25(16-44-37)28-9-10-36(52)46-38(28)53/h3-4,11-13,15-16,18,23-24,27-28,30,34H,5-10,14,17,19-22H2,1-2H3,(H,45,54)(H,46,52,53)/t24?,27?,28?,30-,34+/m1/s1. The number of benzene rings is 1. The third-order valence-electron chi connectivity index (χ3n) is 12.2. The number of carbonyl (C=O) groups excluding carboxylic acids is 3. The van der Waals surface area contributed by atoms with Gasteiger partial charge in [0.15, 0.2) is 11.6 Å². The number of halogens is 2. The summed E-state index contributed by atoms with van der Waals surface area (Å²) in [5.74, 6) is -0.873. The number of carbonyl (C=O) groups is 3. The van der Waals surface area contributed by atoms with Gasteiger partial charge >= 0.3 is 0 Å². The zero-order chi connectivity index (χ0) is 38.9. The summed E-state index contributed by atoms with van der Waals surface area (Å²) in [5.41, 5.74) is 1.34. The van der Waals surface area contributed by atoms with Gasteiger partial charge in [-0.05, 0) is 81.7 Å². The minimum Gasteiger partial charge on any atom is -0.490 e. The molecule has 9 rings (SSSR count). The van der Waals surface area contributed by atoms with E-state index in [9.17, 15) is 23.6 Å². The number of piperidine rings is 1. The Morgan fingerprint density at radius 3 is 2.54 bits per heavy atom. The van der Waals surface area contributed by atoms with E-state index < -0.39 is 41.3 Å². The molecule has 3 saturated heterocycles. The second-order valence-corrected chi connectivity index (χ2v) is 16.9. The zero-order valence-corrected chi connectivity index (χ0v) is 31.5. The number of rotatable bonds is 10. The van der Waals surface area contributed by atoms with E-state index in [0.29, 0.717) is 41.5 Å². The van der Waals surface area contributed by atoms with Crippen LogP contribution in [0.15, 0.2) is 53.7 Å². The predicted molar refractivity (Wildman–Crippen MR) is 204 cm³/mol. The molecule has 1 unspecified atom stereocenters. The number of nitrogens with zero attached hydrogens (tertiary/aromatic N) is 6. The molecule has 0 radical (unpaired) electrons. The molecule has 1 aromatic carbocycles. The van der Waals surface area contributed by atoms with Gasteiger partial charge in [-0.25, -0.2) is 13.8 Å². The van der Waals surface area contributed by atoms with E-state index in [4.69, 9.17) is 9.84 Å². The summed E-state index contributed by atoms with van der Waals surface area (Å²) in [4.78, 5) is 59.2. The summed E-state index contributed by atoms with van der Waals surface area (Å²) < 4.78 is 38.3. The number of hydrogen-bond donors (Lipinski definition) is 2. The molecular formula is C41H46F2N8O5. The number of likely N-dealkylation sites (tertiary alicyclic amines) is 1. The quantitative estimate of drug-likeness (QED) is 0.210. The maximum atomic E-state index is 15.1. The number of fused-ring (bicyclic) bond motifs is 1. The molecule has 3 aromatic heterocycles. The Bertz CT molecular complexity index is 2270. The second-order valence-electron chi connectivity index (χ2n) is 16.9. The van der Waals surface area contributed by atoms with E-state index in [-0.39, 0.29) is 35.6 Å². The number of hydrogen-bond acceptors (Lipinski definition) is 9. The monoisotopic (exact) mass is 768 g/mol. The average Bonchev–Trinajstić information content (AvgIpc) is 3.70. The molecule has 2 aliphatic carbocycles. The fraction of sp³-hybridized carbons (Fsp3) is 0.512. The van der Waals surface area contributed by atoms with Crippen LogP contribution in [0.5, 0.6) is 5.75 Å². The van der Waals surface area contributed by atoms with E-state index in [1.54, 1.807) is 30.6 Å². The molecule has 3 aliphatic heterocycles. The van der Waals surface area contributed by atoms with Gasteiger partial charge in [-0.2, -0.15) is 5.10 Å². The van der Waals surface area contributed by atoms with Crippen LogP contribution in [0, 0.1) is 17.2 Å². The number of nitrogens with one attached hydrogen (secondary N) is 2. The van der Waals surface area contributed by atoms with Crippen molar-refractivity contribution in [3.8, 4) is 5.75 Å². The smallest absolute Gasteiger partial charge is 0.274 e. The van der Waals surface area contributed by atoms with Gasteiger partial charge in [-0.1, -0.05) is 0 Å². The molecule has 56 heavy (non-hydrogen) atoms. The Kier molecular flexibility index (Phi) is 9.17. The first-order chi connectivity index (χ1) is 26.9. The SMILES string of the molecule is CC(C)Oc1cc2nn(C3CCC(CN4CC5(C4)CN(c4ncc(C6CCC(=O)NC6=O)cc4F)C5)CC3)cc2cc1C(=O)Nc1cccn([C@H]2C[C@H]2F)c1=O. The third-order valence-corrected chi connectivity index (χ3v) is 12.2. The van der Waals surface area contributed by atoms with Crippen molar-refractivity contribution < 1.29 is 27.9 Å². The summed E-state index contributed by atoms with van der Waals surface area (Å²) >= 11 is 0.